The van der Waals surface area contributed by atoms with Gasteiger partial charge in [-0.15, -0.1) is 0 Å². The Hall–Kier alpha value is -2.33. The molecule has 0 saturated carbocycles. The molecule has 1 unspecified atom stereocenters. The van der Waals surface area contributed by atoms with Crippen molar-refractivity contribution in [2.45, 2.75) is 6.10 Å². The lowest BCUT2D eigenvalue weighted by Crippen LogP contribution is -2.25. The lowest BCUT2D eigenvalue weighted by Gasteiger charge is -2.20. The zero-order valence-corrected chi connectivity index (χ0v) is 10.2. The summed E-state index contributed by atoms with van der Waals surface area (Å²) in [6.07, 6.45) is -0.717. The second-order valence-electron chi connectivity index (χ2n) is 4.41. The third-order valence-electron chi connectivity index (χ3n) is 3.07. The Morgan fingerprint density at radius 1 is 1.11 bits per heavy atom. The summed E-state index contributed by atoms with van der Waals surface area (Å²) in [5.74, 6) is 0.447. The third kappa shape index (κ3) is 2.30. The number of hydrogen-bond acceptors (Lipinski definition) is 3. The molecule has 0 bridgehead atoms. The van der Waals surface area contributed by atoms with Crippen LogP contribution in [0.2, 0.25) is 0 Å². The zero-order valence-electron chi connectivity index (χ0n) is 10.2. The van der Waals surface area contributed by atoms with E-state index in [1.165, 1.54) is 0 Å². The second kappa shape index (κ2) is 4.74. The number of nitrogens with one attached hydrogen (secondary N) is 1. The molecule has 4 nitrogen and oxygen atoms in total. The number of carbonyl (C=O) groups is 1. The highest BCUT2D eigenvalue weighted by atomic mass is 16.5. The fraction of sp³-hybridized carbons (Fsp3) is 0.133. The summed E-state index contributed by atoms with van der Waals surface area (Å²) in [7, 11) is 0. The van der Waals surface area contributed by atoms with Gasteiger partial charge in [-0.2, -0.15) is 0 Å². The summed E-state index contributed by atoms with van der Waals surface area (Å²) in [6, 6.07) is 14.7. The summed E-state index contributed by atoms with van der Waals surface area (Å²) >= 11 is 0. The Morgan fingerprint density at radius 3 is 2.68 bits per heavy atom. The number of fused-ring (bicyclic) bond motifs is 1. The van der Waals surface area contributed by atoms with Crippen LogP contribution in [0, 0.1) is 0 Å². The SMILES string of the molecule is O=C1COc2ccc(C(O)c3ccccc3)cc2N1. The monoisotopic (exact) mass is 255 g/mol. The highest BCUT2D eigenvalue weighted by Gasteiger charge is 2.18. The Morgan fingerprint density at radius 2 is 1.89 bits per heavy atom. The predicted octanol–water partition coefficient (Wildman–Crippen LogP) is 2.10. The van der Waals surface area contributed by atoms with Crippen LogP contribution in [0.25, 0.3) is 0 Å². The molecule has 2 aromatic rings. The molecule has 0 aromatic heterocycles. The van der Waals surface area contributed by atoms with E-state index in [2.05, 4.69) is 5.32 Å². The van der Waals surface area contributed by atoms with Crippen LogP contribution >= 0.6 is 0 Å². The van der Waals surface area contributed by atoms with E-state index < -0.39 is 6.10 Å². The number of amides is 1. The number of aliphatic hydroxyl groups excluding tert-OH is 1. The van der Waals surface area contributed by atoms with E-state index in [0.29, 0.717) is 11.4 Å². The normalized spacial score (nSPS) is 15.1. The van der Waals surface area contributed by atoms with Crippen molar-refractivity contribution in [1.29, 1.82) is 0 Å². The number of benzene rings is 2. The van der Waals surface area contributed by atoms with Gasteiger partial charge in [0.15, 0.2) is 6.61 Å². The quantitative estimate of drug-likeness (QED) is 0.864. The van der Waals surface area contributed by atoms with Crippen LogP contribution in [-0.2, 0) is 4.79 Å². The van der Waals surface area contributed by atoms with Crippen molar-refractivity contribution in [2.75, 3.05) is 11.9 Å². The van der Waals surface area contributed by atoms with Gasteiger partial charge in [-0.25, -0.2) is 0 Å². The van der Waals surface area contributed by atoms with E-state index in [9.17, 15) is 9.90 Å². The molecule has 19 heavy (non-hydrogen) atoms. The van der Waals surface area contributed by atoms with Gasteiger partial charge in [-0.1, -0.05) is 36.4 Å². The number of hydrogen-bond donors (Lipinski definition) is 2. The van der Waals surface area contributed by atoms with Crippen LogP contribution in [0.15, 0.2) is 48.5 Å². The Balaban J connectivity index is 1.94. The Labute approximate surface area is 110 Å². The van der Waals surface area contributed by atoms with Gasteiger partial charge < -0.3 is 15.2 Å². The molecule has 4 heteroatoms. The third-order valence-corrected chi connectivity index (χ3v) is 3.07. The van der Waals surface area contributed by atoms with Crippen molar-refractivity contribution < 1.29 is 14.6 Å². The summed E-state index contributed by atoms with van der Waals surface area (Å²) < 4.78 is 5.28. The summed E-state index contributed by atoms with van der Waals surface area (Å²) in [6.45, 7) is 0.0353. The second-order valence-corrected chi connectivity index (χ2v) is 4.41. The summed E-state index contributed by atoms with van der Waals surface area (Å²) in [4.78, 5) is 11.3. The minimum absolute atomic E-state index is 0.0353. The number of aliphatic hydroxyl groups is 1. The van der Waals surface area contributed by atoms with Gasteiger partial charge >= 0.3 is 0 Å². The molecule has 1 aliphatic heterocycles. The van der Waals surface area contributed by atoms with E-state index in [-0.39, 0.29) is 12.5 Å². The highest BCUT2D eigenvalue weighted by Crippen LogP contribution is 2.32. The van der Waals surface area contributed by atoms with Crippen molar-refractivity contribution in [1.82, 2.24) is 0 Å². The first-order valence-electron chi connectivity index (χ1n) is 6.03. The van der Waals surface area contributed by atoms with Crippen molar-refractivity contribution in [2.24, 2.45) is 0 Å². The van der Waals surface area contributed by atoms with E-state index in [1.54, 1.807) is 18.2 Å². The van der Waals surface area contributed by atoms with Crippen LogP contribution in [0.3, 0.4) is 0 Å². The van der Waals surface area contributed by atoms with Crippen molar-refractivity contribution in [3.8, 4) is 5.75 Å². The standard InChI is InChI=1S/C15H13NO3/c17-14-9-19-13-7-6-11(8-12(13)16-14)15(18)10-4-2-1-3-5-10/h1-8,15,18H,9H2,(H,16,17). The van der Waals surface area contributed by atoms with Crippen LogP contribution in [0.5, 0.6) is 5.75 Å². The first kappa shape index (κ1) is 11.7. The van der Waals surface area contributed by atoms with Crippen LogP contribution in [0.4, 0.5) is 5.69 Å². The largest absolute Gasteiger partial charge is 0.482 e. The molecule has 96 valence electrons. The molecule has 1 aliphatic rings. The van der Waals surface area contributed by atoms with E-state index in [4.69, 9.17) is 4.74 Å². The lowest BCUT2D eigenvalue weighted by atomic mass is 10.0. The molecule has 1 heterocycles. The van der Waals surface area contributed by atoms with Gasteiger partial charge in [0.05, 0.1) is 5.69 Å². The molecule has 3 rings (SSSR count). The molecule has 0 spiro atoms. The van der Waals surface area contributed by atoms with Gasteiger partial charge in [-0.3, -0.25) is 4.79 Å². The molecule has 1 amide bonds. The lowest BCUT2D eigenvalue weighted by molar-refractivity contribution is -0.118. The summed E-state index contributed by atoms with van der Waals surface area (Å²) in [5, 5.41) is 13.0. The zero-order chi connectivity index (χ0) is 13.2. The maximum atomic E-state index is 11.3. The van der Waals surface area contributed by atoms with Crippen LogP contribution < -0.4 is 10.1 Å². The fourth-order valence-electron chi connectivity index (χ4n) is 2.10. The van der Waals surface area contributed by atoms with E-state index >= 15 is 0 Å². The average molecular weight is 255 g/mol. The van der Waals surface area contributed by atoms with Gasteiger partial charge in [0.2, 0.25) is 0 Å². The number of anilines is 1. The molecule has 0 radical (unpaired) electrons. The van der Waals surface area contributed by atoms with E-state index in [1.807, 2.05) is 30.3 Å². The molecule has 2 aromatic carbocycles. The summed E-state index contributed by atoms with van der Waals surface area (Å²) in [5.41, 5.74) is 2.13. The number of rotatable bonds is 2. The first-order valence-corrected chi connectivity index (χ1v) is 6.03. The highest BCUT2D eigenvalue weighted by molar-refractivity contribution is 5.95. The van der Waals surface area contributed by atoms with Gasteiger partial charge in [-0.05, 0) is 23.3 Å². The molecular formula is C15H13NO3. The van der Waals surface area contributed by atoms with Gasteiger partial charge in [0, 0.05) is 0 Å². The molecular weight excluding hydrogens is 242 g/mol. The van der Waals surface area contributed by atoms with Crippen LogP contribution in [0.1, 0.15) is 17.2 Å². The maximum Gasteiger partial charge on any atom is 0.262 e. The molecule has 0 fully saturated rings. The van der Waals surface area contributed by atoms with Gasteiger partial charge in [0.1, 0.15) is 11.9 Å². The Bertz CT molecular complexity index is 610. The molecule has 1 atom stereocenters. The van der Waals surface area contributed by atoms with Crippen LogP contribution in [-0.4, -0.2) is 17.6 Å². The minimum Gasteiger partial charge on any atom is -0.482 e. The maximum absolute atomic E-state index is 11.3. The van der Waals surface area contributed by atoms with Gasteiger partial charge in [0.25, 0.3) is 5.91 Å². The smallest absolute Gasteiger partial charge is 0.262 e. The number of ether oxygens (including phenoxy) is 1. The van der Waals surface area contributed by atoms with Crippen molar-refractivity contribution >= 4 is 11.6 Å². The van der Waals surface area contributed by atoms with Crippen molar-refractivity contribution in [3.05, 3.63) is 59.7 Å². The molecule has 2 N–H and O–H groups in total. The fourth-order valence-corrected chi connectivity index (χ4v) is 2.10. The van der Waals surface area contributed by atoms with E-state index in [0.717, 1.165) is 11.1 Å². The topological polar surface area (TPSA) is 58.6 Å². The molecule has 0 aliphatic carbocycles. The van der Waals surface area contributed by atoms with Crippen molar-refractivity contribution in [3.63, 3.8) is 0 Å². The minimum atomic E-state index is -0.717. The number of carbonyl (C=O) groups excluding carboxylic acids is 1. The predicted molar refractivity (Wildman–Crippen MR) is 71.1 cm³/mol. The molecule has 0 saturated heterocycles. The average Bonchev–Trinajstić information content (AvgIpc) is 2.46. The first-order chi connectivity index (χ1) is 9.24. The Kier molecular flexibility index (Phi) is 2.93.